The van der Waals surface area contributed by atoms with E-state index in [4.69, 9.17) is 0 Å². The molecule has 0 aromatic heterocycles. The molecule has 164 valence electrons. The van der Waals surface area contributed by atoms with Crippen molar-refractivity contribution < 1.29 is 15.3 Å². The molecule has 28 heavy (non-hydrogen) atoms. The van der Waals surface area contributed by atoms with Crippen LogP contribution in [0, 0.1) is 53.3 Å². The number of aliphatic hydroxyl groups is 3. The van der Waals surface area contributed by atoms with Gasteiger partial charge in [0.2, 0.25) is 0 Å². The Kier molecular flexibility index (Phi) is 7.53. The molecule has 3 rings (SSSR count). The van der Waals surface area contributed by atoms with Crippen molar-refractivity contribution in [1.29, 1.82) is 0 Å². The van der Waals surface area contributed by atoms with E-state index in [1.165, 1.54) is 12.8 Å². The van der Waals surface area contributed by atoms with Gasteiger partial charge in [0.1, 0.15) is 0 Å². The smallest absolute Gasteiger partial charge is 0.0594 e. The predicted molar refractivity (Wildman–Crippen MR) is 115 cm³/mol. The van der Waals surface area contributed by atoms with Crippen LogP contribution in [0.1, 0.15) is 86.0 Å². The van der Waals surface area contributed by atoms with Crippen molar-refractivity contribution in [3.8, 4) is 0 Å². The van der Waals surface area contributed by atoms with Gasteiger partial charge in [0, 0.05) is 0 Å². The Bertz CT molecular complexity index is 494. The van der Waals surface area contributed by atoms with Crippen molar-refractivity contribution in [2.45, 2.75) is 104 Å². The Morgan fingerprint density at radius 3 is 1.54 bits per heavy atom. The van der Waals surface area contributed by atoms with E-state index in [-0.39, 0.29) is 18.3 Å². The van der Waals surface area contributed by atoms with Gasteiger partial charge in [0.15, 0.2) is 0 Å². The molecule has 3 fully saturated rings. The van der Waals surface area contributed by atoms with Crippen LogP contribution in [0.25, 0.3) is 0 Å². The maximum atomic E-state index is 10.9. The Balaban J connectivity index is 1.60. The zero-order valence-corrected chi connectivity index (χ0v) is 18.9. The van der Waals surface area contributed by atoms with Gasteiger partial charge >= 0.3 is 0 Å². The van der Waals surface area contributed by atoms with Crippen LogP contribution in [0.4, 0.5) is 0 Å². The monoisotopic (exact) mass is 394 g/mol. The van der Waals surface area contributed by atoms with Crippen molar-refractivity contribution in [3.05, 3.63) is 0 Å². The summed E-state index contributed by atoms with van der Waals surface area (Å²) in [6, 6.07) is 0. The van der Waals surface area contributed by atoms with Gasteiger partial charge in [-0.05, 0) is 105 Å². The number of hydrogen-bond acceptors (Lipinski definition) is 3. The van der Waals surface area contributed by atoms with E-state index in [1.807, 2.05) is 0 Å². The molecule has 12 atom stereocenters. The highest BCUT2D eigenvalue weighted by Gasteiger charge is 2.41. The summed E-state index contributed by atoms with van der Waals surface area (Å²) in [5.41, 5.74) is 0. The van der Waals surface area contributed by atoms with Crippen molar-refractivity contribution in [2.75, 3.05) is 0 Å². The summed E-state index contributed by atoms with van der Waals surface area (Å²) >= 11 is 0. The summed E-state index contributed by atoms with van der Waals surface area (Å²) in [4.78, 5) is 0. The maximum Gasteiger partial charge on any atom is 0.0594 e. The van der Waals surface area contributed by atoms with Crippen molar-refractivity contribution in [3.63, 3.8) is 0 Å². The summed E-state index contributed by atoms with van der Waals surface area (Å²) in [5, 5.41) is 31.3. The van der Waals surface area contributed by atoms with E-state index in [1.54, 1.807) is 0 Å². The molecule has 3 nitrogen and oxygen atoms in total. The fourth-order valence-electron chi connectivity index (χ4n) is 7.04. The summed E-state index contributed by atoms with van der Waals surface area (Å²) < 4.78 is 0. The topological polar surface area (TPSA) is 60.7 Å². The molecule has 3 aliphatic carbocycles. The second-order valence-electron chi connectivity index (χ2n) is 11.5. The maximum absolute atomic E-state index is 10.9. The minimum atomic E-state index is -0.157. The highest BCUT2D eigenvalue weighted by Crippen LogP contribution is 2.46. The van der Waals surface area contributed by atoms with Gasteiger partial charge in [-0.25, -0.2) is 0 Å². The molecule has 3 saturated carbocycles. The zero-order valence-electron chi connectivity index (χ0n) is 18.9. The van der Waals surface area contributed by atoms with Gasteiger partial charge in [-0.15, -0.1) is 0 Å². The van der Waals surface area contributed by atoms with Gasteiger partial charge in [-0.2, -0.15) is 0 Å². The standard InChI is InChI=1S/C25H46O3/c1-14-9-23(26)16(3)7-20(14)11-19-6-18(5)25(28)22(12-19)13-21-8-17(4)24(27)10-15(21)2/h14-28H,6-13H2,1-5H3. The molecular weight excluding hydrogens is 348 g/mol. The molecule has 0 aromatic rings. The predicted octanol–water partition coefficient (Wildman–Crippen LogP) is 4.88. The second-order valence-corrected chi connectivity index (χ2v) is 11.5. The third-order valence-electron chi connectivity index (χ3n) is 9.15. The van der Waals surface area contributed by atoms with Crippen LogP contribution in [-0.2, 0) is 0 Å². The molecule has 3 N–H and O–H groups in total. The largest absolute Gasteiger partial charge is 0.393 e. The number of rotatable bonds is 4. The molecule has 0 saturated heterocycles. The van der Waals surface area contributed by atoms with Crippen LogP contribution >= 0.6 is 0 Å². The fraction of sp³-hybridized carbons (Fsp3) is 1.00. The van der Waals surface area contributed by atoms with E-state index in [2.05, 4.69) is 34.6 Å². The first-order chi connectivity index (χ1) is 13.2. The van der Waals surface area contributed by atoms with E-state index in [0.29, 0.717) is 41.4 Å². The molecule has 0 spiro atoms. The average molecular weight is 395 g/mol. The summed E-state index contributed by atoms with van der Waals surface area (Å²) in [7, 11) is 0. The molecule has 3 heteroatoms. The lowest BCUT2D eigenvalue weighted by atomic mass is 9.63. The van der Waals surface area contributed by atoms with Gasteiger partial charge in [-0.3, -0.25) is 0 Å². The quantitative estimate of drug-likeness (QED) is 0.637. The van der Waals surface area contributed by atoms with Crippen LogP contribution in [0.2, 0.25) is 0 Å². The molecule has 0 aromatic carbocycles. The van der Waals surface area contributed by atoms with E-state index in [0.717, 1.165) is 50.4 Å². The third-order valence-corrected chi connectivity index (χ3v) is 9.15. The van der Waals surface area contributed by atoms with Gasteiger partial charge in [0.05, 0.1) is 18.3 Å². The van der Waals surface area contributed by atoms with E-state index < -0.39 is 0 Å². The van der Waals surface area contributed by atoms with Gasteiger partial charge < -0.3 is 15.3 Å². The minimum Gasteiger partial charge on any atom is -0.393 e. The molecule has 0 heterocycles. The van der Waals surface area contributed by atoms with Gasteiger partial charge in [-0.1, -0.05) is 34.6 Å². The Hall–Kier alpha value is -0.120. The fourth-order valence-corrected chi connectivity index (χ4v) is 7.04. The summed E-state index contributed by atoms with van der Waals surface area (Å²) in [6.45, 7) is 11.3. The zero-order chi connectivity index (χ0) is 20.6. The van der Waals surface area contributed by atoms with Crippen LogP contribution in [0.5, 0.6) is 0 Å². The Labute approximate surface area is 173 Å². The lowest BCUT2D eigenvalue weighted by molar-refractivity contribution is -0.0375. The molecule has 0 aliphatic heterocycles. The molecule has 3 aliphatic rings. The number of hydrogen-bond donors (Lipinski definition) is 3. The van der Waals surface area contributed by atoms with Crippen LogP contribution in [-0.4, -0.2) is 33.6 Å². The summed E-state index contributed by atoms with van der Waals surface area (Å²) in [6.07, 6.45) is 8.49. The third kappa shape index (κ3) is 5.13. The first kappa shape index (κ1) is 22.6. The summed E-state index contributed by atoms with van der Waals surface area (Å²) in [5.74, 6) is 4.93. The minimum absolute atomic E-state index is 0.115. The number of aliphatic hydroxyl groups excluding tert-OH is 3. The lowest BCUT2D eigenvalue weighted by Crippen LogP contribution is -2.41. The van der Waals surface area contributed by atoms with Crippen LogP contribution in [0.15, 0.2) is 0 Å². The Morgan fingerprint density at radius 2 is 1.00 bits per heavy atom. The molecule has 0 radical (unpaired) electrons. The molecule has 12 unspecified atom stereocenters. The first-order valence-corrected chi connectivity index (χ1v) is 12.2. The lowest BCUT2D eigenvalue weighted by Gasteiger charge is -2.45. The highest BCUT2D eigenvalue weighted by molar-refractivity contribution is 4.91. The van der Waals surface area contributed by atoms with Crippen molar-refractivity contribution >= 4 is 0 Å². The normalized spacial score (nSPS) is 53.1. The first-order valence-electron chi connectivity index (χ1n) is 12.2. The van der Waals surface area contributed by atoms with Crippen molar-refractivity contribution in [1.82, 2.24) is 0 Å². The molecule has 0 bridgehead atoms. The van der Waals surface area contributed by atoms with Gasteiger partial charge in [0.25, 0.3) is 0 Å². The Morgan fingerprint density at radius 1 is 0.500 bits per heavy atom. The SMILES string of the molecule is CC1CC(CC2CC(C)C(O)C(CC3CC(C)C(O)CC3C)C2)C(C)CC1O. The molecule has 0 amide bonds. The van der Waals surface area contributed by atoms with E-state index in [9.17, 15) is 15.3 Å². The molecular formula is C25H46O3. The van der Waals surface area contributed by atoms with Crippen LogP contribution in [0.3, 0.4) is 0 Å². The van der Waals surface area contributed by atoms with E-state index >= 15 is 0 Å². The average Bonchev–Trinajstić information content (AvgIpc) is 2.61. The van der Waals surface area contributed by atoms with Crippen molar-refractivity contribution in [2.24, 2.45) is 53.3 Å². The second kappa shape index (κ2) is 9.35. The van der Waals surface area contributed by atoms with Crippen LogP contribution < -0.4 is 0 Å². The highest BCUT2D eigenvalue weighted by atomic mass is 16.3.